The van der Waals surface area contributed by atoms with Crippen molar-refractivity contribution in [3.8, 4) is 0 Å². The number of likely N-dealkylation sites (N-methyl/N-ethyl adjacent to an activating group) is 1. The van der Waals surface area contributed by atoms with Crippen molar-refractivity contribution in [2.24, 2.45) is 0 Å². The smallest absolute Gasteiger partial charge is 0.248 e. The first-order valence-corrected chi connectivity index (χ1v) is 6.34. The maximum absolute atomic E-state index is 11.8. The van der Waals surface area contributed by atoms with Gasteiger partial charge in [-0.1, -0.05) is 0 Å². The quantitative estimate of drug-likeness (QED) is 0.770. The van der Waals surface area contributed by atoms with Crippen LogP contribution in [0.5, 0.6) is 0 Å². The van der Waals surface area contributed by atoms with E-state index in [0.29, 0.717) is 6.54 Å². The van der Waals surface area contributed by atoms with E-state index in [-0.39, 0.29) is 18.6 Å². The van der Waals surface area contributed by atoms with Crippen LogP contribution in [-0.4, -0.2) is 45.3 Å². The minimum Gasteiger partial charge on any atom is -0.369 e. The molecule has 0 fully saturated rings. The Bertz CT molecular complexity index is 428. The van der Waals surface area contributed by atoms with Crippen molar-refractivity contribution >= 4 is 5.91 Å². The van der Waals surface area contributed by atoms with Gasteiger partial charge in [-0.2, -0.15) is 0 Å². The van der Waals surface area contributed by atoms with Gasteiger partial charge in [-0.05, 0) is 20.3 Å². The molecule has 100 valence electrons. The Morgan fingerprint density at radius 1 is 1.50 bits per heavy atom. The molecule has 0 saturated heterocycles. The molecule has 0 unspecified atom stereocenters. The summed E-state index contributed by atoms with van der Waals surface area (Å²) in [7, 11) is 1.77. The van der Waals surface area contributed by atoms with Crippen LogP contribution in [0.15, 0.2) is 0 Å². The lowest BCUT2D eigenvalue weighted by molar-refractivity contribution is -0.136. The van der Waals surface area contributed by atoms with Gasteiger partial charge in [0.25, 0.3) is 0 Å². The molecule has 6 nitrogen and oxygen atoms in total. The summed E-state index contributed by atoms with van der Waals surface area (Å²) < 4.78 is 7.41. The fraction of sp³-hybridized carbons (Fsp3) is 0.750. The zero-order valence-electron chi connectivity index (χ0n) is 11.2. The largest absolute Gasteiger partial charge is 0.369 e. The number of aryl methyl sites for hydroxylation is 1. The number of nitrogens with zero attached hydrogens (tertiary/aromatic N) is 4. The summed E-state index contributed by atoms with van der Waals surface area (Å²) >= 11 is 0. The third-order valence-electron chi connectivity index (χ3n) is 3.03. The molecule has 1 amide bonds. The van der Waals surface area contributed by atoms with Gasteiger partial charge in [0, 0.05) is 20.0 Å². The molecule has 2 heterocycles. The van der Waals surface area contributed by atoms with Gasteiger partial charge in [0.15, 0.2) is 5.82 Å². The highest BCUT2D eigenvalue weighted by Crippen LogP contribution is 2.14. The number of aromatic nitrogens is 3. The first-order valence-electron chi connectivity index (χ1n) is 6.34. The normalized spacial score (nSPS) is 14.0. The van der Waals surface area contributed by atoms with Gasteiger partial charge in [-0.25, -0.2) is 0 Å². The molecule has 0 bridgehead atoms. The lowest BCUT2D eigenvalue weighted by Crippen LogP contribution is -2.31. The molecular formula is C12H20N4O2. The minimum absolute atomic E-state index is 0.0287. The number of amides is 1. The van der Waals surface area contributed by atoms with Crippen molar-refractivity contribution in [3.63, 3.8) is 0 Å². The first kappa shape index (κ1) is 13.0. The highest BCUT2D eigenvalue weighted by molar-refractivity contribution is 5.77. The van der Waals surface area contributed by atoms with Gasteiger partial charge in [0.05, 0.1) is 12.6 Å². The molecule has 1 aliphatic heterocycles. The van der Waals surface area contributed by atoms with Crippen molar-refractivity contribution in [1.82, 2.24) is 19.7 Å². The topological polar surface area (TPSA) is 60.2 Å². The van der Waals surface area contributed by atoms with E-state index in [9.17, 15) is 4.79 Å². The van der Waals surface area contributed by atoms with E-state index in [1.165, 1.54) is 0 Å². The molecule has 1 aromatic heterocycles. The molecule has 6 heteroatoms. The standard InChI is InChI=1S/C12H20N4O2/c1-9(2)18-8-12(17)15(3)7-11-14-13-10-5-4-6-16(10)11/h9H,4-8H2,1-3H3. The third kappa shape index (κ3) is 2.87. The number of hydrogen-bond donors (Lipinski definition) is 0. The maximum atomic E-state index is 11.8. The van der Waals surface area contributed by atoms with Crippen molar-refractivity contribution in [1.29, 1.82) is 0 Å². The molecule has 0 spiro atoms. The van der Waals surface area contributed by atoms with Gasteiger partial charge in [-0.15, -0.1) is 10.2 Å². The molecule has 2 rings (SSSR count). The summed E-state index contributed by atoms with van der Waals surface area (Å²) in [5.74, 6) is 1.87. The maximum Gasteiger partial charge on any atom is 0.248 e. The Morgan fingerprint density at radius 3 is 3.00 bits per heavy atom. The van der Waals surface area contributed by atoms with Crippen LogP contribution in [0.2, 0.25) is 0 Å². The summed E-state index contributed by atoms with van der Waals surface area (Å²) in [6.45, 7) is 5.40. The zero-order valence-corrected chi connectivity index (χ0v) is 11.2. The summed E-state index contributed by atoms with van der Waals surface area (Å²) in [6, 6.07) is 0. The SMILES string of the molecule is CC(C)OCC(=O)N(C)Cc1nnc2n1CCC2. The van der Waals surface area contributed by atoms with E-state index < -0.39 is 0 Å². The Morgan fingerprint density at radius 2 is 2.28 bits per heavy atom. The number of fused-ring (bicyclic) bond motifs is 1. The van der Waals surface area contributed by atoms with Gasteiger partial charge >= 0.3 is 0 Å². The van der Waals surface area contributed by atoms with Gasteiger partial charge < -0.3 is 14.2 Å². The molecule has 0 radical (unpaired) electrons. The van der Waals surface area contributed by atoms with Crippen LogP contribution in [0.1, 0.15) is 31.9 Å². The van der Waals surface area contributed by atoms with Crippen LogP contribution in [-0.2, 0) is 29.0 Å². The van der Waals surface area contributed by atoms with Crippen molar-refractivity contribution in [2.75, 3.05) is 13.7 Å². The summed E-state index contributed by atoms with van der Waals surface area (Å²) in [5.41, 5.74) is 0. The molecule has 1 aromatic rings. The number of rotatable bonds is 5. The molecule has 0 aromatic carbocycles. The fourth-order valence-electron chi connectivity index (χ4n) is 1.98. The van der Waals surface area contributed by atoms with E-state index in [1.54, 1.807) is 11.9 Å². The Balaban J connectivity index is 1.90. The molecule has 0 aliphatic carbocycles. The first-order chi connectivity index (χ1) is 8.58. The Hall–Kier alpha value is -1.43. The summed E-state index contributed by atoms with van der Waals surface area (Å²) in [4.78, 5) is 13.5. The number of hydrogen-bond acceptors (Lipinski definition) is 4. The predicted octanol–water partition coefficient (Wildman–Crippen LogP) is 0.608. The summed E-state index contributed by atoms with van der Waals surface area (Å²) in [6.07, 6.45) is 2.17. The Kier molecular flexibility index (Phi) is 3.96. The van der Waals surface area contributed by atoms with E-state index in [1.807, 2.05) is 13.8 Å². The van der Waals surface area contributed by atoms with Crippen LogP contribution in [0, 0.1) is 0 Å². The van der Waals surface area contributed by atoms with E-state index in [0.717, 1.165) is 31.0 Å². The second-order valence-electron chi connectivity index (χ2n) is 4.90. The number of carbonyl (C=O) groups excluding carboxylic acids is 1. The minimum atomic E-state index is -0.0287. The molecular weight excluding hydrogens is 232 g/mol. The number of carbonyl (C=O) groups is 1. The molecule has 0 saturated carbocycles. The van der Waals surface area contributed by atoms with Gasteiger partial charge in [0.1, 0.15) is 12.4 Å². The monoisotopic (exact) mass is 252 g/mol. The van der Waals surface area contributed by atoms with Gasteiger partial charge in [-0.3, -0.25) is 4.79 Å². The lowest BCUT2D eigenvalue weighted by atomic mass is 10.4. The highest BCUT2D eigenvalue weighted by Gasteiger charge is 2.19. The van der Waals surface area contributed by atoms with E-state index in [4.69, 9.17) is 4.74 Å². The molecule has 0 atom stereocenters. The van der Waals surface area contributed by atoms with Crippen LogP contribution in [0.4, 0.5) is 0 Å². The predicted molar refractivity (Wildman–Crippen MR) is 65.9 cm³/mol. The second kappa shape index (κ2) is 5.48. The summed E-state index contributed by atoms with van der Waals surface area (Å²) in [5, 5.41) is 8.26. The zero-order chi connectivity index (χ0) is 13.1. The number of ether oxygens (including phenoxy) is 1. The molecule has 18 heavy (non-hydrogen) atoms. The van der Waals surface area contributed by atoms with Crippen molar-refractivity contribution in [3.05, 3.63) is 11.6 Å². The highest BCUT2D eigenvalue weighted by atomic mass is 16.5. The Labute approximate surface area is 107 Å². The van der Waals surface area contributed by atoms with Crippen LogP contribution in [0.3, 0.4) is 0 Å². The average Bonchev–Trinajstić information content (AvgIpc) is 2.90. The third-order valence-corrected chi connectivity index (χ3v) is 3.03. The van der Waals surface area contributed by atoms with E-state index in [2.05, 4.69) is 14.8 Å². The van der Waals surface area contributed by atoms with Crippen molar-refractivity contribution < 1.29 is 9.53 Å². The van der Waals surface area contributed by atoms with Crippen molar-refractivity contribution in [2.45, 2.75) is 45.9 Å². The van der Waals surface area contributed by atoms with Crippen LogP contribution >= 0.6 is 0 Å². The molecule has 1 aliphatic rings. The fourth-order valence-corrected chi connectivity index (χ4v) is 1.98. The molecule has 0 N–H and O–H groups in total. The average molecular weight is 252 g/mol. The van der Waals surface area contributed by atoms with Crippen LogP contribution in [0.25, 0.3) is 0 Å². The lowest BCUT2D eigenvalue weighted by Gasteiger charge is -2.17. The van der Waals surface area contributed by atoms with Gasteiger partial charge in [0.2, 0.25) is 5.91 Å². The second-order valence-corrected chi connectivity index (χ2v) is 4.90. The van der Waals surface area contributed by atoms with E-state index >= 15 is 0 Å². The van der Waals surface area contributed by atoms with Crippen LogP contribution < -0.4 is 0 Å².